The van der Waals surface area contributed by atoms with Crippen LogP contribution in [0.5, 0.6) is 5.75 Å². The summed E-state index contributed by atoms with van der Waals surface area (Å²) in [6, 6.07) is 11.7. The lowest BCUT2D eigenvalue weighted by atomic mass is 10.1. The number of ether oxygens (including phenoxy) is 1. The Labute approximate surface area is 124 Å². The van der Waals surface area contributed by atoms with Crippen LogP contribution in [-0.4, -0.2) is 37.1 Å². The number of aromatic amines is 1. The van der Waals surface area contributed by atoms with E-state index < -0.39 is 0 Å². The molecule has 0 amide bonds. The van der Waals surface area contributed by atoms with E-state index in [9.17, 15) is 0 Å². The van der Waals surface area contributed by atoms with Crippen LogP contribution in [0.1, 0.15) is 0 Å². The Morgan fingerprint density at radius 3 is 2.45 bits per heavy atom. The van der Waals surface area contributed by atoms with Crippen LogP contribution in [0.3, 0.4) is 0 Å². The van der Waals surface area contributed by atoms with Gasteiger partial charge in [0.05, 0.1) is 0 Å². The van der Waals surface area contributed by atoms with E-state index >= 15 is 0 Å². The predicted molar refractivity (Wildman–Crippen MR) is 85.5 cm³/mol. The van der Waals surface area contributed by atoms with Crippen molar-refractivity contribution in [2.24, 2.45) is 0 Å². The van der Waals surface area contributed by atoms with E-state index in [4.69, 9.17) is 22.7 Å². The molecule has 0 saturated heterocycles. The monoisotopic (exact) mass is 289 g/mol. The van der Waals surface area contributed by atoms with Gasteiger partial charge in [0.1, 0.15) is 22.8 Å². The Hall–Kier alpha value is -1.85. The zero-order valence-electron chi connectivity index (χ0n) is 11.7. The molecule has 0 aliphatic carbocycles. The summed E-state index contributed by atoms with van der Waals surface area (Å²) in [6.07, 6.45) is 0. The molecule has 0 atom stereocenters. The maximum atomic E-state index is 5.77. The molecular formula is C15H19N3OS. The van der Waals surface area contributed by atoms with Gasteiger partial charge < -0.3 is 20.4 Å². The van der Waals surface area contributed by atoms with E-state index in [1.807, 2.05) is 50.5 Å². The van der Waals surface area contributed by atoms with Crippen LogP contribution in [0, 0.1) is 4.64 Å². The van der Waals surface area contributed by atoms with Crippen molar-refractivity contribution in [1.82, 2.24) is 9.88 Å². The number of rotatable bonds is 5. The molecule has 5 heteroatoms. The van der Waals surface area contributed by atoms with Crippen molar-refractivity contribution in [2.75, 3.05) is 33.0 Å². The molecule has 0 aliphatic heterocycles. The number of nitrogen functional groups attached to an aromatic ring is 1. The molecule has 4 nitrogen and oxygen atoms in total. The second-order valence-corrected chi connectivity index (χ2v) is 5.30. The van der Waals surface area contributed by atoms with Crippen LogP contribution >= 0.6 is 12.2 Å². The number of anilines is 1. The standard InChI is InChI=1S/C15H19N3OS/c1-18(2)7-8-19-13-5-3-11(4-6-13)12-9-14(16)17-15(20)10-12/h3-6,9-10H,7-8H2,1-2H3,(H3,16,17,20). The number of nitrogens with zero attached hydrogens (tertiary/aromatic N) is 1. The van der Waals surface area contributed by atoms with Crippen molar-refractivity contribution in [3.05, 3.63) is 41.0 Å². The van der Waals surface area contributed by atoms with Gasteiger partial charge in [0.2, 0.25) is 0 Å². The molecule has 2 rings (SSSR count). The number of nitrogens with one attached hydrogen (secondary N) is 1. The highest BCUT2D eigenvalue weighted by molar-refractivity contribution is 7.71. The SMILES string of the molecule is CN(C)CCOc1ccc(-c2cc(N)[nH]c(=S)c2)cc1. The van der Waals surface area contributed by atoms with Gasteiger partial charge in [-0.05, 0) is 49.5 Å². The van der Waals surface area contributed by atoms with Gasteiger partial charge in [-0.2, -0.15) is 0 Å². The quantitative estimate of drug-likeness (QED) is 0.831. The van der Waals surface area contributed by atoms with E-state index in [1.54, 1.807) is 0 Å². The number of nitrogens with two attached hydrogens (primary N) is 1. The Bertz CT molecular complexity index is 620. The normalized spacial score (nSPS) is 10.8. The third-order valence-electron chi connectivity index (χ3n) is 2.86. The summed E-state index contributed by atoms with van der Waals surface area (Å²) in [7, 11) is 4.05. The molecule has 0 unspecified atom stereocenters. The number of hydrogen-bond acceptors (Lipinski definition) is 4. The number of benzene rings is 1. The maximum Gasteiger partial charge on any atom is 0.119 e. The average Bonchev–Trinajstić information content (AvgIpc) is 2.38. The van der Waals surface area contributed by atoms with Crippen LogP contribution in [0.25, 0.3) is 11.1 Å². The van der Waals surface area contributed by atoms with Crippen LogP contribution in [0.4, 0.5) is 5.82 Å². The van der Waals surface area contributed by atoms with E-state index in [0.29, 0.717) is 17.1 Å². The summed E-state index contributed by atoms with van der Waals surface area (Å²) >= 11 is 5.13. The minimum absolute atomic E-state index is 0.568. The van der Waals surface area contributed by atoms with Gasteiger partial charge in [0.25, 0.3) is 0 Å². The Morgan fingerprint density at radius 1 is 1.15 bits per heavy atom. The van der Waals surface area contributed by atoms with E-state index in [1.165, 1.54) is 0 Å². The second-order valence-electron chi connectivity index (χ2n) is 4.86. The van der Waals surface area contributed by atoms with Gasteiger partial charge in [-0.15, -0.1) is 0 Å². The van der Waals surface area contributed by atoms with Gasteiger partial charge in [-0.1, -0.05) is 24.4 Å². The van der Waals surface area contributed by atoms with Gasteiger partial charge in [0, 0.05) is 6.54 Å². The van der Waals surface area contributed by atoms with Gasteiger partial charge >= 0.3 is 0 Å². The van der Waals surface area contributed by atoms with Crippen LogP contribution in [0.2, 0.25) is 0 Å². The van der Waals surface area contributed by atoms with Crippen LogP contribution in [0.15, 0.2) is 36.4 Å². The first-order valence-electron chi connectivity index (χ1n) is 6.42. The van der Waals surface area contributed by atoms with E-state index in [2.05, 4.69) is 9.88 Å². The van der Waals surface area contributed by atoms with Crippen LogP contribution in [-0.2, 0) is 0 Å². The lowest BCUT2D eigenvalue weighted by molar-refractivity contribution is 0.261. The zero-order valence-corrected chi connectivity index (χ0v) is 12.5. The molecule has 0 radical (unpaired) electrons. The molecule has 0 aliphatic rings. The van der Waals surface area contributed by atoms with Gasteiger partial charge in [-0.25, -0.2) is 0 Å². The third-order valence-corrected chi connectivity index (χ3v) is 3.08. The van der Waals surface area contributed by atoms with E-state index in [-0.39, 0.29) is 0 Å². The molecule has 0 saturated carbocycles. The van der Waals surface area contributed by atoms with Crippen molar-refractivity contribution < 1.29 is 4.74 Å². The predicted octanol–water partition coefficient (Wildman–Crippen LogP) is 2.93. The fourth-order valence-corrected chi connectivity index (χ4v) is 2.07. The van der Waals surface area contributed by atoms with E-state index in [0.717, 1.165) is 23.4 Å². The highest BCUT2D eigenvalue weighted by atomic mass is 32.1. The molecule has 20 heavy (non-hydrogen) atoms. The molecule has 1 aromatic carbocycles. The molecule has 106 valence electrons. The third kappa shape index (κ3) is 4.08. The number of hydrogen-bond donors (Lipinski definition) is 2. The number of H-pyrrole nitrogens is 1. The van der Waals surface area contributed by atoms with Crippen molar-refractivity contribution in [3.63, 3.8) is 0 Å². The second kappa shape index (κ2) is 6.54. The zero-order chi connectivity index (χ0) is 14.5. The van der Waals surface area contributed by atoms with Crippen molar-refractivity contribution in [2.45, 2.75) is 0 Å². The van der Waals surface area contributed by atoms with Crippen molar-refractivity contribution in [3.8, 4) is 16.9 Å². The lowest BCUT2D eigenvalue weighted by Gasteiger charge is -2.11. The highest BCUT2D eigenvalue weighted by Gasteiger charge is 2.01. The summed E-state index contributed by atoms with van der Waals surface area (Å²) in [6.45, 7) is 1.57. The minimum atomic E-state index is 0.568. The summed E-state index contributed by atoms with van der Waals surface area (Å²) in [5.41, 5.74) is 7.84. The summed E-state index contributed by atoms with van der Waals surface area (Å²) < 4.78 is 6.29. The largest absolute Gasteiger partial charge is 0.492 e. The fraction of sp³-hybridized carbons (Fsp3) is 0.267. The van der Waals surface area contributed by atoms with Crippen molar-refractivity contribution in [1.29, 1.82) is 0 Å². The Balaban J connectivity index is 2.09. The molecular weight excluding hydrogens is 270 g/mol. The fourth-order valence-electron chi connectivity index (χ4n) is 1.82. The maximum absolute atomic E-state index is 5.77. The molecule has 0 bridgehead atoms. The summed E-state index contributed by atoms with van der Waals surface area (Å²) in [4.78, 5) is 4.98. The molecule has 1 aromatic heterocycles. The Morgan fingerprint density at radius 2 is 1.85 bits per heavy atom. The number of pyridine rings is 1. The molecule has 2 aromatic rings. The lowest BCUT2D eigenvalue weighted by Crippen LogP contribution is -2.19. The number of aromatic nitrogens is 1. The first kappa shape index (κ1) is 14.6. The molecule has 1 heterocycles. The molecule has 0 fully saturated rings. The highest BCUT2D eigenvalue weighted by Crippen LogP contribution is 2.23. The first-order valence-corrected chi connectivity index (χ1v) is 6.83. The topological polar surface area (TPSA) is 54.3 Å². The van der Waals surface area contributed by atoms with Crippen molar-refractivity contribution >= 4 is 18.0 Å². The number of likely N-dealkylation sites (N-methyl/N-ethyl adjacent to an activating group) is 1. The average molecular weight is 289 g/mol. The summed E-state index contributed by atoms with van der Waals surface area (Å²) in [5.74, 6) is 1.43. The smallest absolute Gasteiger partial charge is 0.119 e. The minimum Gasteiger partial charge on any atom is -0.492 e. The molecule has 0 spiro atoms. The van der Waals surface area contributed by atoms with Crippen LogP contribution < -0.4 is 10.5 Å². The van der Waals surface area contributed by atoms with Gasteiger partial charge in [0.15, 0.2) is 0 Å². The van der Waals surface area contributed by atoms with Gasteiger partial charge in [-0.3, -0.25) is 0 Å². The summed E-state index contributed by atoms with van der Waals surface area (Å²) in [5, 5.41) is 0. The molecule has 3 N–H and O–H groups in total. The Kier molecular flexibility index (Phi) is 4.76. The first-order chi connectivity index (χ1) is 9.54.